The molecule has 0 unspecified atom stereocenters. The van der Waals surface area contributed by atoms with E-state index in [-0.39, 0.29) is 0 Å². The van der Waals surface area contributed by atoms with Gasteiger partial charge in [-0.2, -0.15) is 0 Å². The molecule has 19 heavy (non-hydrogen) atoms. The molecular formula is C13H10BrCl2FN2. The topological polar surface area (TPSA) is 24.9 Å². The van der Waals surface area contributed by atoms with Gasteiger partial charge in [-0.25, -0.2) is 9.37 Å². The maximum atomic E-state index is 14.1. The van der Waals surface area contributed by atoms with Crippen LogP contribution in [-0.4, -0.2) is 11.5 Å². The monoisotopic (exact) mass is 362 g/mol. The third-order valence-corrected chi connectivity index (χ3v) is 3.67. The van der Waals surface area contributed by atoms with Gasteiger partial charge in [0, 0.05) is 12.1 Å². The van der Waals surface area contributed by atoms with E-state index >= 15 is 0 Å². The van der Waals surface area contributed by atoms with Crippen molar-refractivity contribution >= 4 is 44.9 Å². The standard InChI is InChI=1S/C13H10BrCl2FN2/c1-2-18-13-10(16)6-9(15)12(19-13)7-4-3-5-8(14)11(7)17/h3-6H,2H2,1H3,(H,18,19). The van der Waals surface area contributed by atoms with Crippen molar-refractivity contribution in [3.63, 3.8) is 0 Å². The Bertz CT molecular complexity index is 620. The number of aromatic nitrogens is 1. The molecule has 0 saturated heterocycles. The van der Waals surface area contributed by atoms with Gasteiger partial charge in [0.1, 0.15) is 11.6 Å². The summed E-state index contributed by atoms with van der Waals surface area (Å²) in [6.07, 6.45) is 0. The first-order valence-corrected chi connectivity index (χ1v) is 7.13. The van der Waals surface area contributed by atoms with Crippen molar-refractivity contribution in [2.75, 3.05) is 11.9 Å². The Balaban J connectivity index is 2.61. The molecule has 2 nitrogen and oxygen atoms in total. The molecule has 0 spiro atoms. The molecule has 0 atom stereocenters. The Kier molecular flexibility index (Phi) is 4.66. The molecule has 0 radical (unpaired) electrons. The molecule has 0 fully saturated rings. The van der Waals surface area contributed by atoms with Gasteiger partial charge in [-0.15, -0.1) is 0 Å². The number of anilines is 1. The summed E-state index contributed by atoms with van der Waals surface area (Å²) in [5, 5.41) is 3.73. The van der Waals surface area contributed by atoms with E-state index in [2.05, 4.69) is 26.2 Å². The number of benzene rings is 1. The molecule has 1 aromatic carbocycles. The zero-order chi connectivity index (χ0) is 14.0. The van der Waals surface area contributed by atoms with Crippen LogP contribution in [0.2, 0.25) is 10.0 Å². The van der Waals surface area contributed by atoms with Crippen LogP contribution in [0, 0.1) is 5.82 Å². The molecular weight excluding hydrogens is 354 g/mol. The third kappa shape index (κ3) is 3.02. The fourth-order valence-electron chi connectivity index (χ4n) is 1.63. The largest absolute Gasteiger partial charge is 0.369 e. The molecule has 0 amide bonds. The van der Waals surface area contributed by atoms with Gasteiger partial charge in [0.15, 0.2) is 0 Å². The Hall–Kier alpha value is -0.840. The zero-order valence-corrected chi connectivity index (χ0v) is 13.1. The van der Waals surface area contributed by atoms with E-state index in [1.165, 1.54) is 0 Å². The van der Waals surface area contributed by atoms with Crippen LogP contribution in [-0.2, 0) is 0 Å². The third-order valence-electron chi connectivity index (χ3n) is 2.48. The maximum Gasteiger partial charge on any atom is 0.146 e. The lowest BCUT2D eigenvalue weighted by atomic mass is 10.1. The first-order chi connectivity index (χ1) is 9.04. The Morgan fingerprint density at radius 1 is 1.32 bits per heavy atom. The van der Waals surface area contributed by atoms with Crippen molar-refractivity contribution < 1.29 is 4.39 Å². The van der Waals surface area contributed by atoms with Crippen LogP contribution < -0.4 is 5.32 Å². The van der Waals surface area contributed by atoms with Crippen LogP contribution in [0.25, 0.3) is 11.3 Å². The minimum Gasteiger partial charge on any atom is -0.369 e. The number of nitrogens with zero attached hydrogens (tertiary/aromatic N) is 1. The first kappa shape index (κ1) is 14.6. The molecule has 0 aliphatic carbocycles. The quantitative estimate of drug-likeness (QED) is 0.790. The number of rotatable bonds is 3. The zero-order valence-electron chi connectivity index (χ0n) is 9.98. The Labute approximate surface area is 129 Å². The fraction of sp³-hybridized carbons (Fsp3) is 0.154. The van der Waals surface area contributed by atoms with Crippen LogP contribution in [0.1, 0.15) is 6.92 Å². The molecule has 0 aliphatic rings. The predicted octanol–water partition coefficient (Wildman–Crippen LogP) is 5.39. The maximum absolute atomic E-state index is 14.1. The van der Waals surface area contributed by atoms with Crippen LogP contribution >= 0.6 is 39.1 Å². The summed E-state index contributed by atoms with van der Waals surface area (Å²) < 4.78 is 14.5. The number of hydrogen-bond donors (Lipinski definition) is 1. The number of halogens is 4. The van der Waals surface area contributed by atoms with Crippen LogP contribution in [0.5, 0.6) is 0 Å². The molecule has 0 aliphatic heterocycles. The highest BCUT2D eigenvalue weighted by atomic mass is 79.9. The van der Waals surface area contributed by atoms with Gasteiger partial charge in [0.25, 0.3) is 0 Å². The molecule has 0 bridgehead atoms. The fourth-order valence-corrected chi connectivity index (χ4v) is 2.53. The van der Waals surface area contributed by atoms with E-state index < -0.39 is 5.82 Å². The molecule has 100 valence electrons. The second-order valence-electron chi connectivity index (χ2n) is 3.78. The van der Waals surface area contributed by atoms with Gasteiger partial charge in [-0.1, -0.05) is 29.3 Å². The summed E-state index contributed by atoms with van der Waals surface area (Å²) in [4.78, 5) is 4.30. The summed E-state index contributed by atoms with van der Waals surface area (Å²) in [5.74, 6) is 0.0876. The molecule has 2 rings (SSSR count). The second-order valence-corrected chi connectivity index (χ2v) is 5.45. The molecule has 1 N–H and O–H groups in total. The summed E-state index contributed by atoms with van der Waals surface area (Å²) in [5.41, 5.74) is 0.691. The SMILES string of the molecule is CCNc1nc(-c2cccc(Br)c2F)c(Cl)cc1Cl. The van der Waals surface area contributed by atoms with Gasteiger partial charge in [-0.05, 0) is 41.1 Å². The number of hydrogen-bond acceptors (Lipinski definition) is 2. The Morgan fingerprint density at radius 2 is 2.05 bits per heavy atom. The minimum absolute atomic E-state index is 0.309. The van der Waals surface area contributed by atoms with Crippen LogP contribution in [0.4, 0.5) is 10.2 Å². The minimum atomic E-state index is -0.401. The molecule has 6 heteroatoms. The summed E-state index contributed by atoms with van der Waals surface area (Å²) in [7, 11) is 0. The van der Waals surface area contributed by atoms with E-state index in [1.54, 1.807) is 24.3 Å². The second kappa shape index (κ2) is 6.07. The highest BCUT2D eigenvalue weighted by molar-refractivity contribution is 9.10. The molecule has 0 saturated carbocycles. The van der Waals surface area contributed by atoms with Crippen molar-refractivity contribution in [1.29, 1.82) is 0 Å². The van der Waals surface area contributed by atoms with E-state index in [9.17, 15) is 4.39 Å². The smallest absolute Gasteiger partial charge is 0.146 e. The van der Waals surface area contributed by atoms with Crippen molar-refractivity contribution in [3.8, 4) is 11.3 Å². The van der Waals surface area contributed by atoms with E-state index in [0.717, 1.165) is 0 Å². The van der Waals surface area contributed by atoms with Gasteiger partial charge in [-0.3, -0.25) is 0 Å². The molecule has 1 aromatic heterocycles. The highest BCUT2D eigenvalue weighted by Gasteiger charge is 2.15. The van der Waals surface area contributed by atoms with Gasteiger partial charge >= 0.3 is 0 Å². The lowest BCUT2D eigenvalue weighted by Crippen LogP contribution is -2.02. The Morgan fingerprint density at radius 3 is 2.74 bits per heavy atom. The average Bonchev–Trinajstić information content (AvgIpc) is 2.37. The molecule has 2 aromatic rings. The van der Waals surface area contributed by atoms with E-state index in [1.807, 2.05) is 6.92 Å². The van der Waals surface area contributed by atoms with Gasteiger partial charge in [0.2, 0.25) is 0 Å². The van der Waals surface area contributed by atoms with Crippen molar-refractivity contribution in [2.45, 2.75) is 6.92 Å². The van der Waals surface area contributed by atoms with E-state index in [4.69, 9.17) is 23.2 Å². The average molecular weight is 364 g/mol. The summed E-state index contributed by atoms with van der Waals surface area (Å²) in [6, 6.07) is 6.53. The van der Waals surface area contributed by atoms with Crippen molar-refractivity contribution in [2.24, 2.45) is 0 Å². The summed E-state index contributed by atoms with van der Waals surface area (Å²) >= 11 is 15.3. The lowest BCUT2D eigenvalue weighted by molar-refractivity contribution is 0.624. The van der Waals surface area contributed by atoms with Crippen molar-refractivity contribution in [3.05, 3.63) is 44.6 Å². The normalized spacial score (nSPS) is 10.6. The first-order valence-electron chi connectivity index (χ1n) is 5.59. The predicted molar refractivity (Wildman–Crippen MR) is 81.5 cm³/mol. The highest BCUT2D eigenvalue weighted by Crippen LogP contribution is 2.35. The van der Waals surface area contributed by atoms with Crippen molar-refractivity contribution in [1.82, 2.24) is 4.98 Å². The summed E-state index contributed by atoms with van der Waals surface area (Å²) in [6.45, 7) is 2.58. The van der Waals surface area contributed by atoms with Crippen LogP contribution in [0.3, 0.4) is 0 Å². The van der Waals surface area contributed by atoms with Crippen LogP contribution in [0.15, 0.2) is 28.7 Å². The van der Waals surface area contributed by atoms with Gasteiger partial charge in [0.05, 0.1) is 20.2 Å². The van der Waals surface area contributed by atoms with E-state index in [0.29, 0.717) is 38.1 Å². The lowest BCUT2D eigenvalue weighted by Gasteiger charge is -2.11. The number of pyridine rings is 1. The van der Waals surface area contributed by atoms with Gasteiger partial charge < -0.3 is 5.32 Å². The number of nitrogens with one attached hydrogen (secondary N) is 1. The molecule has 1 heterocycles.